The van der Waals surface area contributed by atoms with E-state index < -0.39 is 11.9 Å². The van der Waals surface area contributed by atoms with Crippen molar-refractivity contribution in [3.05, 3.63) is 28.4 Å². The number of oxazole rings is 1. The molecule has 0 unspecified atom stereocenters. The summed E-state index contributed by atoms with van der Waals surface area (Å²) >= 11 is 1.16. The zero-order chi connectivity index (χ0) is 14.0. The van der Waals surface area contributed by atoms with Gasteiger partial charge in [-0.15, -0.1) is 11.3 Å². The molecule has 0 saturated carbocycles. The number of carboxylic acids is 1. The van der Waals surface area contributed by atoms with Gasteiger partial charge in [-0.05, 0) is 6.92 Å². The first-order valence-corrected chi connectivity index (χ1v) is 6.25. The first-order chi connectivity index (χ1) is 8.95. The van der Waals surface area contributed by atoms with Gasteiger partial charge in [0.25, 0.3) is 5.91 Å². The second-order valence-corrected chi connectivity index (χ2v) is 4.67. The van der Waals surface area contributed by atoms with Gasteiger partial charge in [-0.3, -0.25) is 14.9 Å². The minimum atomic E-state index is -0.968. The lowest BCUT2D eigenvalue weighted by molar-refractivity contribution is -0.136. The largest absolute Gasteiger partial charge is 0.481 e. The Hall–Kier alpha value is -2.22. The number of amides is 1. The summed E-state index contributed by atoms with van der Waals surface area (Å²) in [5.74, 6) is -0.875. The van der Waals surface area contributed by atoms with Crippen LogP contribution in [0.5, 0.6) is 0 Å². The summed E-state index contributed by atoms with van der Waals surface area (Å²) in [6.45, 7) is 3.32. The number of carbonyl (C=O) groups is 2. The maximum atomic E-state index is 11.9. The van der Waals surface area contributed by atoms with Crippen LogP contribution in [0.15, 0.2) is 9.80 Å². The third kappa shape index (κ3) is 3.16. The molecule has 8 heteroatoms. The van der Waals surface area contributed by atoms with Gasteiger partial charge in [-0.25, -0.2) is 9.97 Å². The van der Waals surface area contributed by atoms with Crippen LogP contribution in [0.2, 0.25) is 0 Å². The molecule has 100 valence electrons. The molecule has 0 spiro atoms. The number of aromatic nitrogens is 2. The number of anilines is 1. The number of aryl methyl sites for hydroxylation is 2. The molecular weight excluding hydrogens is 270 g/mol. The van der Waals surface area contributed by atoms with E-state index in [-0.39, 0.29) is 12.2 Å². The van der Waals surface area contributed by atoms with Crippen molar-refractivity contribution in [2.45, 2.75) is 20.3 Å². The van der Waals surface area contributed by atoms with Crippen molar-refractivity contribution >= 4 is 28.3 Å². The topological polar surface area (TPSA) is 105 Å². The Kier molecular flexibility index (Phi) is 3.61. The number of carbonyl (C=O) groups excluding carboxylic acids is 1. The van der Waals surface area contributed by atoms with E-state index in [0.29, 0.717) is 22.4 Å². The fourth-order valence-corrected chi connectivity index (χ4v) is 2.20. The number of rotatable bonds is 4. The van der Waals surface area contributed by atoms with Crippen LogP contribution in [0.3, 0.4) is 0 Å². The maximum absolute atomic E-state index is 11.9. The van der Waals surface area contributed by atoms with Crippen molar-refractivity contribution in [3.8, 4) is 0 Å². The number of thiazole rings is 1. The van der Waals surface area contributed by atoms with Crippen molar-refractivity contribution in [1.82, 2.24) is 9.97 Å². The highest BCUT2D eigenvalue weighted by molar-refractivity contribution is 7.14. The van der Waals surface area contributed by atoms with Crippen molar-refractivity contribution in [2.24, 2.45) is 0 Å². The summed E-state index contributed by atoms with van der Waals surface area (Å²) < 4.78 is 5.18. The Morgan fingerprint density at radius 3 is 2.74 bits per heavy atom. The van der Waals surface area contributed by atoms with E-state index in [2.05, 4.69) is 15.3 Å². The van der Waals surface area contributed by atoms with E-state index in [0.717, 1.165) is 11.3 Å². The van der Waals surface area contributed by atoms with Gasteiger partial charge in [0.05, 0.1) is 17.8 Å². The molecule has 0 radical (unpaired) electrons. The molecule has 0 fully saturated rings. The molecule has 0 aromatic carbocycles. The van der Waals surface area contributed by atoms with Crippen LogP contribution in [0.25, 0.3) is 0 Å². The van der Waals surface area contributed by atoms with Gasteiger partial charge in [0.1, 0.15) is 0 Å². The highest BCUT2D eigenvalue weighted by Gasteiger charge is 2.17. The second kappa shape index (κ2) is 5.19. The fraction of sp³-hybridized carbons (Fsp3) is 0.273. The highest BCUT2D eigenvalue weighted by atomic mass is 32.1. The van der Waals surface area contributed by atoms with Crippen molar-refractivity contribution in [2.75, 3.05) is 5.32 Å². The van der Waals surface area contributed by atoms with E-state index in [9.17, 15) is 9.59 Å². The molecular formula is C11H11N3O4S. The zero-order valence-corrected chi connectivity index (χ0v) is 11.1. The summed E-state index contributed by atoms with van der Waals surface area (Å²) in [6.07, 6.45) is -0.174. The number of hydrogen-bond acceptors (Lipinski definition) is 6. The summed E-state index contributed by atoms with van der Waals surface area (Å²) in [4.78, 5) is 30.4. The average molecular weight is 281 g/mol. The number of aliphatic carboxylic acids is 1. The van der Waals surface area contributed by atoms with E-state index in [1.165, 1.54) is 0 Å². The second-order valence-electron chi connectivity index (χ2n) is 3.82. The normalized spacial score (nSPS) is 10.4. The average Bonchev–Trinajstić information content (AvgIpc) is 2.84. The molecule has 0 saturated heterocycles. The first-order valence-electron chi connectivity index (χ1n) is 5.37. The van der Waals surface area contributed by atoms with Gasteiger partial charge in [-0.2, -0.15) is 0 Å². The molecule has 0 bridgehead atoms. The third-order valence-corrected chi connectivity index (χ3v) is 3.02. The lowest BCUT2D eigenvalue weighted by Gasteiger charge is -1.98. The standard InChI is InChI=1S/C11H11N3O4S/c1-5-9(18-6(2)12-5)10(17)14-11-13-7(4-19-11)3-8(15)16/h4H,3H2,1-2H3,(H,15,16)(H,13,14,17). The van der Waals surface area contributed by atoms with Crippen LogP contribution in [0.1, 0.15) is 27.8 Å². The van der Waals surface area contributed by atoms with Gasteiger partial charge in [0.15, 0.2) is 11.0 Å². The molecule has 2 N–H and O–H groups in total. The molecule has 7 nitrogen and oxygen atoms in total. The summed E-state index contributed by atoms with van der Waals surface area (Å²) in [5.41, 5.74) is 0.899. The Labute approximate surface area is 112 Å². The van der Waals surface area contributed by atoms with Gasteiger partial charge in [0, 0.05) is 12.3 Å². The smallest absolute Gasteiger partial charge is 0.309 e. The highest BCUT2D eigenvalue weighted by Crippen LogP contribution is 2.18. The van der Waals surface area contributed by atoms with Crippen LogP contribution in [-0.2, 0) is 11.2 Å². The summed E-state index contributed by atoms with van der Waals surface area (Å²) in [6, 6.07) is 0. The first kappa shape index (κ1) is 13.2. The number of hydrogen-bond donors (Lipinski definition) is 2. The Morgan fingerprint density at radius 1 is 1.42 bits per heavy atom. The number of nitrogens with zero attached hydrogens (tertiary/aromatic N) is 2. The number of nitrogens with one attached hydrogen (secondary N) is 1. The molecule has 19 heavy (non-hydrogen) atoms. The van der Waals surface area contributed by atoms with Crippen LogP contribution >= 0.6 is 11.3 Å². The van der Waals surface area contributed by atoms with Gasteiger partial charge >= 0.3 is 5.97 Å². The van der Waals surface area contributed by atoms with E-state index in [4.69, 9.17) is 9.52 Å². The van der Waals surface area contributed by atoms with Crippen LogP contribution in [0.4, 0.5) is 5.13 Å². The fourth-order valence-electron chi connectivity index (χ4n) is 1.50. The van der Waals surface area contributed by atoms with Gasteiger partial charge < -0.3 is 9.52 Å². The maximum Gasteiger partial charge on any atom is 0.309 e. The van der Waals surface area contributed by atoms with Gasteiger partial charge in [0.2, 0.25) is 5.76 Å². The third-order valence-electron chi connectivity index (χ3n) is 2.21. The predicted molar refractivity (Wildman–Crippen MR) is 67.4 cm³/mol. The van der Waals surface area contributed by atoms with Crippen molar-refractivity contribution < 1.29 is 19.1 Å². The van der Waals surface area contributed by atoms with Crippen molar-refractivity contribution in [3.63, 3.8) is 0 Å². The van der Waals surface area contributed by atoms with Gasteiger partial charge in [-0.1, -0.05) is 0 Å². The summed E-state index contributed by atoms with van der Waals surface area (Å²) in [7, 11) is 0. The Morgan fingerprint density at radius 2 is 2.16 bits per heavy atom. The molecule has 0 aliphatic heterocycles. The van der Waals surface area contributed by atoms with E-state index in [1.807, 2.05) is 0 Å². The lowest BCUT2D eigenvalue weighted by atomic mass is 10.3. The van der Waals surface area contributed by atoms with Crippen LogP contribution < -0.4 is 5.32 Å². The molecule has 0 aliphatic rings. The molecule has 0 aliphatic carbocycles. The van der Waals surface area contributed by atoms with Crippen LogP contribution in [-0.4, -0.2) is 27.0 Å². The monoisotopic (exact) mass is 281 g/mol. The number of carboxylic acid groups (broad SMARTS) is 1. The molecule has 2 aromatic rings. The van der Waals surface area contributed by atoms with E-state index in [1.54, 1.807) is 19.2 Å². The quantitative estimate of drug-likeness (QED) is 0.882. The Bertz CT molecular complexity index is 632. The molecule has 2 heterocycles. The molecule has 2 rings (SSSR count). The predicted octanol–water partition coefficient (Wildman–Crippen LogP) is 1.63. The van der Waals surface area contributed by atoms with E-state index >= 15 is 0 Å². The molecule has 1 amide bonds. The summed E-state index contributed by atoms with van der Waals surface area (Å²) in [5, 5.41) is 13.1. The lowest BCUT2D eigenvalue weighted by Crippen LogP contribution is -2.12. The molecule has 0 atom stereocenters. The Balaban J connectivity index is 2.09. The molecule has 2 aromatic heterocycles. The minimum Gasteiger partial charge on any atom is -0.481 e. The minimum absolute atomic E-state index is 0.132. The van der Waals surface area contributed by atoms with Crippen LogP contribution in [0, 0.1) is 13.8 Å². The zero-order valence-electron chi connectivity index (χ0n) is 10.3. The van der Waals surface area contributed by atoms with Crippen molar-refractivity contribution in [1.29, 1.82) is 0 Å². The SMILES string of the molecule is Cc1nc(C)c(C(=O)Nc2nc(CC(=O)O)cs2)o1.